The monoisotopic (exact) mass is 271 g/mol. The number of ether oxygens (including phenoxy) is 1. The average Bonchev–Trinajstić information content (AvgIpc) is 2.90. The van der Waals surface area contributed by atoms with Gasteiger partial charge >= 0.3 is 12.0 Å². The molecule has 1 heterocycles. The second-order valence-electron chi connectivity index (χ2n) is 5.36. The number of rotatable bonds is 4. The van der Waals surface area contributed by atoms with E-state index < -0.39 is 6.04 Å². The van der Waals surface area contributed by atoms with Gasteiger partial charge in [-0.25, -0.2) is 9.59 Å². The predicted molar refractivity (Wildman–Crippen MR) is 72.8 cm³/mol. The molecule has 2 atom stereocenters. The zero-order chi connectivity index (χ0) is 14.6. The van der Waals surface area contributed by atoms with Crippen LogP contribution in [0.2, 0.25) is 0 Å². The van der Waals surface area contributed by atoms with E-state index in [1.807, 2.05) is 13.8 Å². The van der Waals surface area contributed by atoms with Gasteiger partial charge in [-0.2, -0.15) is 0 Å². The summed E-state index contributed by atoms with van der Waals surface area (Å²) in [6.07, 6.45) is 0.945. The second kappa shape index (κ2) is 6.75. The van der Waals surface area contributed by atoms with Gasteiger partial charge in [0.25, 0.3) is 0 Å². The molecule has 1 aliphatic rings. The van der Waals surface area contributed by atoms with Crippen molar-refractivity contribution in [1.82, 2.24) is 15.1 Å². The molecule has 110 valence electrons. The minimum atomic E-state index is -0.547. The van der Waals surface area contributed by atoms with E-state index in [2.05, 4.69) is 5.32 Å². The number of carbonyl (C=O) groups excluding carboxylic acids is 2. The van der Waals surface area contributed by atoms with Crippen LogP contribution in [-0.2, 0) is 9.53 Å². The molecule has 0 aromatic heterocycles. The highest BCUT2D eigenvalue weighted by Crippen LogP contribution is 2.15. The largest absolute Gasteiger partial charge is 0.467 e. The number of carbonyl (C=O) groups is 2. The van der Waals surface area contributed by atoms with Crippen LogP contribution in [0.1, 0.15) is 20.3 Å². The van der Waals surface area contributed by atoms with Gasteiger partial charge in [-0.3, -0.25) is 0 Å². The van der Waals surface area contributed by atoms with Gasteiger partial charge in [0.05, 0.1) is 7.11 Å². The summed E-state index contributed by atoms with van der Waals surface area (Å²) in [6.45, 7) is 5.54. The van der Waals surface area contributed by atoms with Crippen molar-refractivity contribution in [3.8, 4) is 0 Å². The number of hydrogen-bond acceptors (Lipinski definition) is 4. The van der Waals surface area contributed by atoms with Crippen molar-refractivity contribution >= 4 is 12.0 Å². The van der Waals surface area contributed by atoms with E-state index >= 15 is 0 Å². The predicted octanol–water partition coefficient (Wildman–Crippen LogP) is 0.530. The molecule has 0 radical (unpaired) electrons. The van der Waals surface area contributed by atoms with E-state index in [-0.39, 0.29) is 24.0 Å². The maximum Gasteiger partial charge on any atom is 0.328 e. The number of methoxy groups -OCH3 is 1. The SMILES string of the molecule is COC(=O)[C@H](C(C)C)N(C)C(=O)N(C)[C@H]1CCNC1. The van der Waals surface area contributed by atoms with Crippen molar-refractivity contribution < 1.29 is 14.3 Å². The molecule has 0 saturated carbocycles. The Morgan fingerprint density at radius 2 is 1.95 bits per heavy atom. The van der Waals surface area contributed by atoms with E-state index in [0.29, 0.717) is 0 Å². The molecule has 19 heavy (non-hydrogen) atoms. The van der Waals surface area contributed by atoms with Gasteiger partial charge in [-0.1, -0.05) is 13.8 Å². The average molecular weight is 271 g/mol. The van der Waals surface area contributed by atoms with E-state index in [1.165, 1.54) is 12.0 Å². The molecule has 6 nitrogen and oxygen atoms in total. The van der Waals surface area contributed by atoms with Gasteiger partial charge in [-0.15, -0.1) is 0 Å². The lowest BCUT2D eigenvalue weighted by Gasteiger charge is -2.34. The van der Waals surface area contributed by atoms with Crippen molar-refractivity contribution in [2.24, 2.45) is 5.92 Å². The van der Waals surface area contributed by atoms with Crippen molar-refractivity contribution in [2.75, 3.05) is 34.3 Å². The summed E-state index contributed by atoms with van der Waals surface area (Å²) in [7, 11) is 4.79. The Balaban J connectivity index is 2.74. The molecule has 6 heteroatoms. The molecular formula is C13H25N3O3. The first kappa shape index (κ1) is 15.8. The lowest BCUT2D eigenvalue weighted by molar-refractivity contribution is -0.147. The van der Waals surface area contributed by atoms with Crippen LogP contribution in [0.3, 0.4) is 0 Å². The van der Waals surface area contributed by atoms with Crippen LogP contribution < -0.4 is 5.32 Å². The Kier molecular flexibility index (Phi) is 5.60. The molecule has 0 aliphatic carbocycles. The van der Waals surface area contributed by atoms with Crippen molar-refractivity contribution in [2.45, 2.75) is 32.4 Å². The second-order valence-corrected chi connectivity index (χ2v) is 5.36. The van der Waals surface area contributed by atoms with Crippen LogP contribution in [0.5, 0.6) is 0 Å². The van der Waals surface area contributed by atoms with Crippen LogP contribution in [0, 0.1) is 5.92 Å². The summed E-state index contributed by atoms with van der Waals surface area (Å²) < 4.78 is 4.79. The Hall–Kier alpha value is -1.30. The van der Waals surface area contributed by atoms with Gasteiger partial charge in [0, 0.05) is 26.7 Å². The summed E-state index contributed by atoms with van der Waals surface area (Å²) in [5.41, 5.74) is 0. The Morgan fingerprint density at radius 1 is 1.32 bits per heavy atom. The summed E-state index contributed by atoms with van der Waals surface area (Å²) in [6, 6.07) is -0.493. The van der Waals surface area contributed by atoms with E-state index in [0.717, 1.165) is 19.5 Å². The van der Waals surface area contributed by atoms with Gasteiger partial charge in [-0.05, 0) is 18.9 Å². The molecule has 0 unspecified atom stereocenters. The zero-order valence-corrected chi connectivity index (χ0v) is 12.5. The number of hydrogen-bond donors (Lipinski definition) is 1. The summed E-state index contributed by atoms with van der Waals surface area (Å²) in [5, 5.41) is 3.23. The highest BCUT2D eigenvalue weighted by molar-refractivity contribution is 5.83. The molecule has 1 saturated heterocycles. The standard InChI is InChI=1S/C13H25N3O3/c1-9(2)11(12(17)19-5)16(4)13(18)15(3)10-6-7-14-8-10/h9-11,14H,6-8H2,1-5H3/t10-,11-/m0/s1. The van der Waals surface area contributed by atoms with Crippen LogP contribution in [0.4, 0.5) is 4.79 Å². The van der Waals surface area contributed by atoms with Crippen LogP contribution in [0.25, 0.3) is 0 Å². The molecule has 1 fully saturated rings. The number of amides is 2. The van der Waals surface area contributed by atoms with Crippen molar-refractivity contribution in [1.29, 1.82) is 0 Å². The van der Waals surface area contributed by atoms with Crippen molar-refractivity contribution in [3.63, 3.8) is 0 Å². The van der Waals surface area contributed by atoms with Gasteiger partial charge in [0.1, 0.15) is 6.04 Å². The fourth-order valence-electron chi connectivity index (χ4n) is 2.49. The summed E-state index contributed by atoms with van der Waals surface area (Å²) in [4.78, 5) is 27.4. The first-order valence-electron chi connectivity index (χ1n) is 6.68. The molecule has 2 amide bonds. The third kappa shape index (κ3) is 3.59. The van der Waals surface area contributed by atoms with Crippen molar-refractivity contribution in [3.05, 3.63) is 0 Å². The number of urea groups is 1. The van der Waals surface area contributed by atoms with E-state index in [1.54, 1.807) is 19.0 Å². The van der Waals surface area contributed by atoms with Crippen LogP contribution in [0.15, 0.2) is 0 Å². The zero-order valence-electron chi connectivity index (χ0n) is 12.5. The topological polar surface area (TPSA) is 61.9 Å². The Labute approximate surface area is 115 Å². The Morgan fingerprint density at radius 3 is 2.37 bits per heavy atom. The fourth-order valence-corrected chi connectivity index (χ4v) is 2.49. The van der Waals surface area contributed by atoms with Gasteiger partial charge in [0.15, 0.2) is 0 Å². The lowest BCUT2D eigenvalue weighted by Crippen LogP contribution is -2.53. The number of nitrogens with one attached hydrogen (secondary N) is 1. The third-order valence-corrected chi connectivity index (χ3v) is 3.68. The molecule has 1 N–H and O–H groups in total. The smallest absolute Gasteiger partial charge is 0.328 e. The molecule has 0 aromatic rings. The molecule has 1 rings (SSSR count). The third-order valence-electron chi connectivity index (χ3n) is 3.68. The molecular weight excluding hydrogens is 246 g/mol. The maximum absolute atomic E-state index is 12.4. The first-order valence-corrected chi connectivity index (χ1v) is 6.68. The summed E-state index contributed by atoms with van der Waals surface area (Å²) >= 11 is 0. The molecule has 0 spiro atoms. The lowest BCUT2D eigenvalue weighted by atomic mass is 10.0. The number of likely N-dealkylation sites (N-methyl/N-ethyl adjacent to an activating group) is 2. The van der Waals surface area contributed by atoms with Crippen LogP contribution in [-0.4, -0.2) is 68.2 Å². The maximum atomic E-state index is 12.4. The number of esters is 1. The Bertz CT molecular complexity index is 327. The fraction of sp³-hybridized carbons (Fsp3) is 0.846. The minimum Gasteiger partial charge on any atom is -0.467 e. The number of nitrogens with zero attached hydrogens (tertiary/aromatic N) is 2. The first-order chi connectivity index (χ1) is 8.90. The highest BCUT2D eigenvalue weighted by Gasteiger charge is 2.34. The quantitative estimate of drug-likeness (QED) is 0.758. The van der Waals surface area contributed by atoms with E-state index in [4.69, 9.17) is 4.74 Å². The van der Waals surface area contributed by atoms with Crippen LogP contribution >= 0.6 is 0 Å². The highest BCUT2D eigenvalue weighted by atomic mass is 16.5. The van der Waals surface area contributed by atoms with Gasteiger partial charge < -0.3 is 19.9 Å². The van der Waals surface area contributed by atoms with E-state index in [9.17, 15) is 9.59 Å². The van der Waals surface area contributed by atoms with Gasteiger partial charge in [0.2, 0.25) is 0 Å². The molecule has 0 bridgehead atoms. The normalized spacial score (nSPS) is 20.2. The minimum absolute atomic E-state index is 0.0107. The molecule has 1 aliphatic heterocycles. The molecule has 0 aromatic carbocycles. The summed E-state index contributed by atoms with van der Waals surface area (Å²) in [5.74, 6) is -0.361.